The lowest BCUT2D eigenvalue weighted by Gasteiger charge is -2.04. The van der Waals surface area contributed by atoms with Gasteiger partial charge in [-0.15, -0.1) is 17.0 Å². The van der Waals surface area contributed by atoms with E-state index in [2.05, 4.69) is 0 Å². The van der Waals surface area contributed by atoms with Gasteiger partial charge in [0.25, 0.3) is 0 Å². The lowest BCUT2D eigenvalue weighted by Crippen LogP contribution is -2.32. The van der Waals surface area contributed by atoms with E-state index in [0.717, 1.165) is 5.56 Å². The van der Waals surface area contributed by atoms with Crippen LogP contribution in [0.25, 0.3) is 0 Å². The van der Waals surface area contributed by atoms with Crippen LogP contribution in [0.5, 0.6) is 0 Å². The Kier molecular flexibility index (Phi) is 5.34. The first-order valence-electron chi connectivity index (χ1n) is 3.72. The molecule has 0 heterocycles. The van der Waals surface area contributed by atoms with E-state index in [9.17, 15) is 4.79 Å². The minimum Gasteiger partial charge on any atom is -0.480 e. The summed E-state index contributed by atoms with van der Waals surface area (Å²) in [5, 5.41) is 8.52. The maximum absolute atomic E-state index is 10.4. The number of benzene rings is 1. The van der Waals surface area contributed by atoms with Crippen molar-refractivity contribution in [1.82, 2.24) is 0 Å². The van der Waals surface area contributed by atoms with Gasteiger partial charge in [-0.05, 0) is 12.0 Å². The lowest BCUT2D eigenvalue weighted by molar-refractivity contribution is -0.138. The number of carboxylic acids is 1. The van der Waals surface area contributed by atoms with Gasteiger partial charge in [-0.3, -0.25) is 4.79 Å². The van der Waals surface area contributed by atoms with E-state index < -0.39 is 12.0 Å². The number of hydrogen-bond acceptors (Lipinski definition) is 2. The van der Waals surface area contributed by atoms with Crippen LogP contribution < -0.4 is 5.73 Å². The molecule has 0 fully saturated rings. The third-order valence-electron chi connectivity index (χ3n) is 1.62. The van der Waals surface area contributed by atoms with Crippen LogP contribution in [-0.2, 0) is 11.2 Å². The number of aliphatic carboxylic acids is 1. The van der Waals surface area contributed by atoms with Crippen molar-refractivity contribution < 1.29 is 9.90 Å². The van der Waals surface area contributed by atoms with Crippen molar-refractivity contribution in [2.45, 2.75) is 12.5 Å². The molecule has 0 aliphatic heterocycles. The smallest absolute Gasteiger partial charge is 0.320 e. The lowest BCUT2D eigenvalue weighted by atomic mass is 10.1. The second-order valence-electron chi connectivity index (χ2n) is 2.63. The van der Waals surface area contributed by atoms with E-state index in [0.29, 0.717) is 6.42 Å². The monoisotopic (exact) mass is 245 g/mol. The average Bonchev–Trinajstić information content (AvgIpc) is 2.06. The Morgan fingerprint density at radius 3 is 2.38 bits per heavy atom. The third-order valence-corrected chi connectivity index (χ3v) is 1.62. The van der Waals surface area contributed by atoms with Crippen LogP contribution in [0.15, 0.2) is 30.3 Å². The summed E-state index contributed by atoms with van der Waals surface area (Å²) < 4.78 is 0. The quantitative estimate of drug-likeness (QED) is 0.842. The Morgan fingerprint density at radius 2 is 1.92 bits per heavy atom. The van der Waals surface area contributed by atoms with E-state index in [1.165, 1.54) is 0 Å². The minimum atomic E-state index is -0.959. The van der Waals surface area contributed by atoms with E-state index in [1.54, 1.807) is 0 Å². The third kappa shape index (κ3) is 4.05. The first-order valence-corrected chi connectivity index (χ1v) is 3.72. The Hall–Kier alpha value is -0.870. The summed E-state index contributed by atoms with van der Waals surface area (Å²) in [6, 6.07) is 8.54. The first kappa shape index (κ1) is 12.1. The summed E-state index contributed by atoms with van der Waals surface area (Å²) in [5.74, 6) is -0.959. The molecule has 0 bridgehead atoms. The highest BCUT2D eigenvalue weighted by molar-refractivity contribution is 8.93. The molecular weight excluding hydrogens is 234 g/mol. The Balaban J connectivity index is 0.00000144. The number of carboxylic acid groups (broad SMARTS) is 1. The SMILES string of the molecule is Br.N[C@@H](Cc1ccccc1)C(=O)O. The van der Waals surface area contributed by atoms with Crippen molar-refractivity contribution in [1.29, 1.82) is 0 Å². The fourth-order valence-electron chi connectivity index (χ4n) is 0.955. The normalized spacial score (nSPS) is 11.5. The van der Waals surface area contributed by atoms with E-state index in [1.807, 2.05) is 30.3 Å². The topological polar surface area (TPSA) is 63.3 Å². The van der Waals surface area contributed by atoms with Gasteiger partial charge in [-0.1, -0.05) is 30.3 Å². The highest BCUT2D eigenvalue weighted by Gasteiger charge is 2.10. The summed E-state index contributed by atoms with van der Waals surface area (Å²) in [4.78, 5) is 10.4. The van der Waals surface area contributed by atoms with E-state index in [4.69, 9.17) is 10.8 Å². The summed E-state index contributed by atoms with van der Waals surface area (Å²) in [7, 11) is 0. The molecule has 3 N–H and O–H groups in total. The molecule has 72 valence electrons. The van der Waals surface area contributed by atoms with Crippen molar-refractivity contribution in [2.75, 3.05) is 0 Å². The van der Waals surface area contributed by atoms with Gasteiger partial charge in [-0.25, -0.2) is 0 Å². The van der Waals surface area contributed by atoms with Crippen LogP contribution in [0.4, 0.5) is 0 Å². The van der Waals surface area contributed by atoms with Gasteiger partial charge in [-0.2, -0.15) is 0 Å². The molecule has 13 heavy (non-hydrogen) atoms. The summed E-state index contributed by atoms with van der Waals surface area (Å²) >= 11 is 0. The molecule has 0 aliphatic carbocycles. The number of carbonyl (C=O) groups is 1. The van der Waals surface area contributed by atoms with Gasteiger partial charge in [0.15, 0.2) is 0 Å². The highest BCUT2D eigenvalue weighted by Crippen LogP contribution is 2.01. The summed E-state index contributed by atoms with van der Waals surface area (Å²) in [6.45, 7) is 0. The molecule has 0 saturated heterocycles. The number of hydrogen-bond donors (Lipinski definition) is 2. The molecule has 1 atom stereocenters. The molecule has 0 unspecified atom stereocenters. The van der Waals surface area contributed by atoms with E-state index in [-0.39, 0.29) is 17.0 Å². The van der Waals surface area contributed by atoms with Gasteiger partial charge in [0.2, 0.25) is 0 Å². The Bertz CT molecular complexity index is 264. The van der Waals surface area contributed by atoms with Crippen LogP contribution in [-0.4, -0.2) is 17.1 Å². The number of rotatable bonds is 3. The van der Waals surface area contributed by atoms with Crippen LogP contribution in [0.1, 0.15) is 5.56 Å². The maximum Gasteiger partial charge on any atom is 0.320 e. The molecule has 0 spiro atoms. The van der Waals surface area contributed by atoms with Gasteiger partial charge >= 0.3 is 5.97 Å². The Morgan fingerprint density at radius 1 is 1.38 bits per heavy atom. The van der Waals surface area contributed by atoms with Crippen molar-refractivity contribution in [2.24, 2.45) is 5.73 Å². The zero-order chi connectivity index (χ0) is 8.97. The molecule has 1 rings (SSSR count). The van der Waals surface area contributed by atoms with Crippen LogP contribution in [0.2, 0.25) is 0 Å². The van der Waals surface area contributed by atoms with Crippen LogP contribution in [0.3, 0.4) is 0 Å². The molecule has 0 amide bonds. The molecule has 0 saturated carbocycles. The molecule has 4 heteroatoms. The largest absolute Gasteiger partial charge is 0.480 e. The zero-order valence-electron chi connectivity index (χ0n) is 7.01. The molecule has 0 aliphatic rings. The standard InChI is InChI=1S/C9H11NO2.BrH/c10-8(9(11)12)6-7-4-2-1-3-5-7;/h1-5,8H,6,10H2,(H,11,12);1H/t8-;/m0./s1. The molecule has 0 radical (unpaired) electrons. The Labute approximate surface area is 87.3 Å². The van der Waals surface area contributed by atoms with Gasteiger partial charge < -0.3 is 10.8 Å². The van der Waals surface area contributed by atoms with Gasteiger partial charge in [0, 0.05) is 0 Å². The second-order valence-corrected chi connectivity index (χ2v) is 2.63. The summed E-state index contributed by atoms with van der Waals surface area (Å²) in [5.41, 5.74) is 6.30. The number of halogens is 1. The zero-order valence-corrected chi connectivity index (χ0v) is 8.73. The fraction of sp³-hybridized carbons (Fsp3) is 0.222. The maximum atomic E-state index is 10.4. The fourth-order valence-corrected chi connectivity index (χ4v) is 0.955. The van der Waals surface area contributed by atoms with Crippen molar-refractivity contribution >= 4 is 23.0 Å². The second kappa shape index (κ2) is 5.72. The van der Waals surface area contributed by atoms with Crippen LogP contribution >= 0.6 is 17.0 Å². The summed E-state index contributed by atoms with van der Waals surface area (Å²) in [6.07, 6.45) is 0.385. The molecule has 1 aromatic rings. The first-order chi connectivity index (χ1) is 5.70. The molecule has 3 nitrogen and oxygen atoms in total. The molecular formula is C9H12BrNO2. The predicted octanol–water partition coefficient (Wildman–Crippen LogP) is 1.22. The van der Waals surface area contributed by atoms with Crippen molar-refractivity contribution in [3.63, 3.8) is 0 Å². The highest BCUT2D eigenvalue weighted by atomic mass is 79.9. The van der Waals surface area contributed by atoms with E-state index >= 15 is 0 Å². The number of nitrogens with two attached hydrogens (primary N) is 1. The molecule has 1 aromatic carbocycles. The van der Waals surface area contributed by atoms with Gasteiger partial charge in [0.1, 0.15) is 6.04 Å². The molecule has 0 aromatic heterocycles. The minimum absolute atomic E-state index is 0. The average molecular weight is 246 g/mol. The van der Waals surface area contributed by atoms with Crippen molar-refractivity contribution in [3.8, 4) is 0 Å². The van der Waals surface area contributed by atoms with Crippen LogP contribution in [0, 0.1) is 0 Å². The predicted molar refractivity (Wildman–Crippen MR) is 56.1 cm³/mol. The van der Waals surface area contributed by atoms with Gasteiger partial charge in [0.05, 0.1) is 0 Å². The van der Waals surface area contributed by atoms with Crippen molar-refractivity contribution in [3.05, 3.63) is 35.9 Å².